The lowest BCUT2D eigenvalue weighted by Gasteiger charge is -2.25. The van der Waals surface area contributed by atoms with Crippen LogP contribution in [0.1, 0.15) is 33.6 Å². The average Bonchev–Trinajstić information content (AvgIpc) is 2.57. The Hall–Kier alpha value is -1.30. The van der Waals surface area contributed by atoms with Gasteiger partial charge in [-0.1, -0.05) is 13.8 Å². The molecule has 104 valence electrons. The molecule has 6 nitrogen and oxygen atoms in total. The van der Waals surface area contributed by atoms with E-state index in [1.807, 2.05) is 13.8 Å². The maximum absolute atomic E-state index is 11.9. The Balaban J connectivity index is 2.54. The van der Waals surface area contributed by atoms with Crippen molar-refractivity contribution in [2.24, 2.45) is 5.92 Å². The predicted octanol–water partition coefficient (Wildman–Crippen LogP) is 0.652. The van der Waals surface area contributed by atoms with Crippen LogP contribution in [0.5, 0.6) is 0 Å². The van der Waals surface area contributed by atoms with Crippen LogP contribution in [0.3, 0.4) is 0 Å². The second kappa shape index (κ2) is 5.56. The van der Waals surface area contributed by atoms with E-state index in [4.69, 9.17) is 5.11 Å². The lowest BCUT2D eigenvalue weighted by Crippen LogP contribution is -2.47. The number of nitrogens with one attached hydrogen (secondary N) is 1. The molecule has 0 bridgehead atoms. The number of carboxylic acid groups (broad SMARTS) is 1. The summed E-state index contributed by atoms with van der Waals surface area (Å²) in [6.45, 7) is 6.22. The van der Waals surface area contributed by atoms with Crippen LogP contribution < -0.4 is 5.32 Å². The fourth-order valence-electron chi connectivity index (χ4n) is 2.01. The van der Waals surface area contributed by atoms with Crippen molar-refractivity contribution < 1.29 is 19.8 Å². The molecule has 1 rings (SSSR count). The fourth-order valence-corrected chi connectivity index (χ4v) is 2.01. The highest BCUT2D eigenvalue weighted by atomic mass is 16.4. The van der Waals surface area contributed by atoms with Gasteiger partial charge in [0.2, 0.25) is 0 Å². The van der Waals surface area contributed by atoms with Crippen molar-refractivity contribution in [3.63, 3.8) is 0 Å². The van der Waals surface area contributed by atoms with Crippen LogP contribution in [-0.4, -0.2) is 51.8 Å². The zero-order chi connectivity index (χ0) is 13.9. The summed E-state index contributed by atoms with van der Waals surface area (Å²) in [4.78, 5) is 24.2. The molecule has 0 aliphatic carbocycles. The molecule has 0 aromatic rings. The average molecular weight is 258 g/mol. The Morgan fingerprint density at radius 2 is 2.06 bits per heavy atom. The maximum Gasteiger partial charge on any atom is 0.317 e. The first-order valence-electron chi connectivity index (χ1n) is 6.21. The van der Waals surface area contributed by atoms with Gasteiger partial charge in [0.1, 0.15) is 0 Å². The molecule has 0 aromatic heterocycles. The van der Waals surface area contributed by atoms with Crippen molar-refractivity contribution in [1.29, 1.82) is 0 Å². The van der Waals surface area contributed by atoms with E-state index in [1.165, 1.54) is 4.90 Å². The van der Waals surface area contributed by atoms with Gasteiger partial charge in [0.05, 0.1) is 18.6 Å². The number of likely N-dealkylation sites (tertiary alicyclic amines) is 1. The van der Waals surface area contributed by atoms with Gasteiger partial charge < -0.3 is 20.4 Å². The Morgan fingerprint density at radius 1 is 1.44 bits per heavy atom. The first-order valence-corrected chi connectivity index (χ1v) is 6.21. The Morgan fingerprint density at radius 3 is 2.44 bits per heavy atom. The van der Waals surface area contributed by atoms with Crippen LogP contribution in [0, 0.1) is 5.92 Å². The van der Waals surface area contributed by atoms with E-state index < -0.39 is 11.6 Å². The lowest BCUT2D eigenvalue weighted by atomic mass is 10.0. The number of carboxylic acids is 1. The fraction of sp³-hybridized carbons (Fsp3) is 0.833. The molecule has 6 heteroatoms. The number of hydrogen-bond acceptors (Lipinski definition) is 3. The van der Waals surface area contributed by atoms with Gasteiger partial charge in [-0.05, 0) is 19.3 Å². The van der Waals surface area contributed by atoms with E-state index in [0.29, 0.717) is 13.0 Å². The topological polar surface area (TPSA) is 89.9 Å². The molecule has 2 atom stereocenters. The number of amides is 2. The molecular formula is C12H22N2O4. The number of hydrogen-bond donors (Lipinski definition) is 3. The Kier molecular flexibility index (Phi) is 4.56. The van der Waals surface area contributed by atoms with E-state index in [1.54, 1.807) is 6.92 Å². The quantitative estimate of drug-likeness (QED) is 0.690. The SMILES string of the molecule is CC(C)C(CC(=O)O)NC(=O)N1CCC(C)(O)C1. The van der Waals surface area contributed by atoms with Gasteiger partial charge in [-0.15, -0.1) is 0 Å². The van der Waals surface area contributed by atoms with Gasteiger partial charge >= 0.3 is 12.0 Å². The van der Waals surface area contributed by atoms with Gasteiger partial charge in [0, 0.05) is 12.6 Å². The number of carbonyl (C=O) groups is 2. The summed E-state index contributed by atoms with van der Waals surface area (Å²) in [5.74, 6) is -0.879. The molecule has 1 fully saturated rings. The molecule has 1 saturated heterocycles. The van der Waals surface area contributed by atoms with Crippen molar-refractivity contribution in [2.45, 2.75) is 45.3 Å². The number of rotatable bonds is 4. The molecule has 3 N–H and O–H groups in total. The molecule has 18 heavy (non-hydrogen) atoms. The van der Waals surface area contributed by atoms with Gasteiger partial charge in [0.15, 0.2) is 0 Å². The summed E-state index contributed by atoms with van der Waals surface area (Å²) < 4.78 is 0. The van der Waals surface area contributed by atoms with Crippen LogP contribution in [-0.2, 0) is 4.79 Å². The predicted molar refractivity (Wildman–Crippen MR) is 66.2 cm³/mol. The molecular weight excluding hydrogens is 236 g/mol. The lowest BCUT2D eigenvalue weighted by molar-refractivity contribution is -0.137. The number of nitrogens with zero attached hydrogens (tertiary/aromatic N) is 1. The molecule has 1 aliphatic heterocycles. The first kappa shape index (κ1) is 14.8. The second-order valence-electron chi connectivity index (χ2n) is 5.57. The van der Waals surface area contributed by atoms with Crippen molar-refractivity contribution in [3.8, 4) is 0 Å². The summed E-state index contributed by atoms with van der Waals surface area (Å²) >= 11 is 0. The van der Waals surface area contributed by atoms with Gasteiger partial charge in [0.25, 0.3) is 0 Å². The minimum Gasteiger partial charge on any atom is -0.481 e. The molecule has 1 heterocycles. The first-order chi connectivity index (χ1) is 8.21. The highest BCUT2D eigenvalue weighted by Crippen LogP contribution is 2.20. The molecule has 0 saturated carbocycles. The molecule has 2 unspecified atom stereocenters. The van der Waals surface area contributed by atoms with E-state index in [0.717, 1.165) is 0 Å². The van der Waals surface area contributed by atoms with Crippen LogP contribution in [0.25, 0.3) is 0 Å². The number of aliphatic carboxylic acids is 1. The van der Waals surface area contributed by atoms with E-state index in [9.17, 15) is 14.7 Å². The van der Waals surface area contributed by atoms with Crippen LogP contribution >= 0.6 is 0 Å². The van der Waals surface area contributed by atoms with Crippen molar-refractivity contribution in [1.82, 2.24) is 10.2 Å². The normalized spacial score (nSPS) is 25.3. The summed E-state index contributed by atoms with van der Waals surface area (Å²) in [7, 11) is 0. The third-order valence-electron chi connectivity index (χ3n) is 3.25. The summed E-state index contributed by atoms with van der Waals surface area (Å²) in [6.07, 6.45) is 0.458. The third-order valence-corrected chi connectivity index (χ3v) is 3.25. The summed E-state index contributed by atoms with van der Waals surface area (Å²) in [5.41, 5.74) is -0.836. The smallest absolute Gasteiger partial charge is 0.317 e. The monoisotopic (exact) mass is 258 g/mol. The highest BCUT2D eigenvalue weighted by Gasteiger charge is 2.34. The molecule has 2 amide bonds. The largest absolute Gasteiger partial charge is 0.481 e. The maximum atomic E-state index is 11.9. The third kappa shape index (κ3) is 4.18. The molecule has 0 radical (unpaired) electrons. The second-order valence-corrected chi connectivity index (χ2v) is 5.57. The molecule has 0 aromatic carbocycles. The Bertz CT molecular complexity index is 328. The zero-order valence-electron chi connectivity index (χ0n) is 11.1. The van der Waals surface area contributed by atoms with Crippen molar-refractivity contribution in [3.05, 3.63) is 0 Å². The number of carbonyl (C=O) groups excluding carboxylic acids is 1. The minimum absolute atomic E-state index is 0.0492. The van der Waals surface area contributed by atoms with E-state index in [-0.39, 0.29) is 31.0 Å². The standard InChI is InChI=1S/C12H22N2O4/c1-8(2)9(6-10(15)16)13-11(17)14-5-4-12(3,18)7-14/h8-9,18H,4-7H2,1-3H3,(H,13,17)(H,15,16). The number of urea groups is 1. The number of β-amino-alcohol motifs (C(OH)–C–C–N with tert-alkyl or cyclic N) is 1. The van der Waals surface area contributed by atoms with Crippen LogP contribution in [0.15, 0.2) is 0 Å². The molecule has 1 aliphatic rings. The van der Waals surface area contributed by atoms with Crippen LogP contribution in [0.4, 0.5) is 4.79 Å². The summed E-state index contributed by atoms with van der Waals surface area (Å²) in [5, 5.41) is 21.3. The molecule has 0 spiro atoms. The van der Waals surface area contributed by atoms with Crippen molar-refractivity contribution >= 4 is 12.0 Å². The zero-order valence-corrected chi connectivity index (χ0v) is 11.1. The van der Waals surface area contributed by atoms with Gasteiger partial charge in [-0.3, -0.25) is 4.79 Å². The minimum atomic E-state index is -0.928. The van der Waals surface area contributed by atoms with Gasteiger partial charge in [-0.25, -0.2) is 4.79 Å². The number of aliphatic hydroxyl groups is 1. The van der Waals surface area contributed by atoms with Crippen molar-refractivity contribution in [2.75, 3.05) is 13.1 Å². The van der Waals surface area contributed by atoms with E-state index >= 15 is 0 Å². The van der Waals surface area contributed by atoms with Gasteiger partial charge in [-0.2, -0.15) is 0 Å². The summed E-state index contributed by atoms with van der Waals surface area (Å²) in [6, 6.07) is -0.687. The Labute approximate surface area is 107 Å². The van der Waals surface area contributed by atoms with E-state index in [2.05, 4.69) is 5.32 Å². The van der Waals surface area contributed by atoms with Crippen LogP contribution in [0.2, 0.25) is 0 Å². The highest BCUT2D eigenvalue weighted by molar-refractivity contribution is 5.76.